The second-order valence-corrected chi connectivity index (χ2v) is 12.8. The molecule has 0 radical (unpaired) electrons. The van der Waals surface area contributed by atoms with Crippen molar-refractivity contribution in [3.63, 3.8) is 0 Å². The fourth-order valence-electron chi connectivity index (χ4n) is 6.11. The summed E-state index contributed by atoms with van der Waals surface area (Å²) in [7, 11) is 0. The van der Waals surface area contributed by atoms with E-state index in [1.54, 1.807) is 11.8 Å². The van der Waals surface area contributed by atoms with E-state index < -0.39 is 0 Å². The van der Waals surface area contributed by atoms with Crippen LogP contribution in [0.3, 0.4) is 0 Å². The Hall–Kier alpha value is -2.96. The molecule has 6 rings (SSSR count). The third-order valence-corrected chi connectivity index (χ3v) is 9.88. The zero-order valence-electron chi connectivity index (χ0n) is 22.4. The first-order chi connectivity index (χ1) is 19.0. The molecule has 3 atom stereocenters. The highest BCUT2D eigenvalue weighted by Gasteiger charge is 2.43. The number of amides is 1. The summed E-state index contributed by atoms with van der Waals surface area (Å²) in [6, 6.07) is 27.6. The predicted octanol–water partition coefficient (Wildman–Crippen LogP) is 8.65. The first-order valence-electron chi connectivity index (χ1n) is 13.8. The minimum atomic E-state index is -0.117. The third-order valence-electron chi connectivity index (χ3n) is 8.23. The Bertz CT molecular complexity index is 1510. The average molecular weight is 601 g/mol. The van der Waals surface area contributed by atoms with Gasteiger partial charge in [0.1, 0.15) is 0 Å². The number of hydrogen-bond donors (Lipinski definition) is 1. The number of fused-ring (bicyclic) bond motifs is 1. The van der Waals surface area contributed by atoms with Crippen LogP contribution in [-0.2, 0) is 11.3 Å². The number of hydrogen-bond acceptors (Lipinski definition) is 3. The van der Waals surface area contributed by atoms with Gasteiger partial charge in [0, 0.05) is 44.9 Å². The highest BCUT2D eigenvalue weighted by Crippen LogP contribution is 2.43. The molecule has 6 heteroatoms. The first kappa shape index (κ1) is 26.3. The minimum Gasteiger partial charge on any atom is -0.356 e. The summed E-state index contributed by atoms with van der Waals surface area (Å²) in [5.41, 5.74) is 5.68. The van der Waals surface area contributed by atoms with Gasteiger partial charge in [0.15, 0.2) is 5.50 Å². The smallest absolute Gasteiger partial charge is 0.262 e. The quantitative estimate of drug-likeness (QED) is 0.225. The fourth-order valence-corrected chi connectivity index (χ4v) is 7.57. The molecular formula is C33H34BrN3OS. The molecule has 2 fully saturated rings. The van der Waals surface area contributed by atoms with Gasteiger partial charge in [0.2, 0.25) is 0 Å². The number of nitrogens with zero attached hydrogens (tertiary/aromatic N) is 2. The van der Waals surface area contributed by atoms with Crippen molar-refractivity contribution in [1.29, 1.82) is 0 Å². The van der Waals surface area contributed by atoms with Crippen LogP contribution in [0, 0.1) is 12.8 Å². The molecule has 1 N–H and O–H groups in total. The molecule has 0 spiro atoms. The van der Waals surface area contributed by atoms with E-state index in [1.807, 2.05) is 18.2 Å². The van der Waals surface area contributed by atoms with Crippen molar-refractivity contribution in [1.82, 2.24) is 9.47 Å². The van der Waals surface area contributed by atoms with E-state index in [4.69, 9.17) is 0 Å². The highest BCUT2D eigenvalue weighted by atomic mass is 79.9. The van der Waals surface area contributed by atoms with E-state index >= 15 is 0 Å². The molecule has 39 heavy (non-hydrogen) atoms. The molecule has 1 aliphatic carbocycles. The maximum Gasteiger partial charge on any atom is 0.262 e. The number of para-hydroxylation sites is 2. The molecule has 2 heterocycles. The number of thioether (sulfide) groups is 1. The van der Waals surface area contributed by atoms with Crippen molar-refractivity contribution in [3.8, 4) is 0 Å². The van der Waals surface area contributed by atoms with Crippen molar-refractivity contribution in [2.75, 3.05) is 5.32 Å². The van der Waals surface area contributed by atoms with Gasteiger partial charge in [-0.1, -0.05) is 96.0 Å². The van der Waals surface area contributed by atoms with Gasteiger partial charge in [-0.15, -0.1) is 0 Å². The van der Waals surface area contributed by atoms with Crippen molar-refractivity contribution in [3.05, 3.63) is 105 Å². The van der Waals surface area contributed by atoms with Crippen LogP contribution >= 0.6 is 27.7 Å². The van der Waals surface area contributed by atoms with Crippen LogP contribution in [0.2, 0.25) is 0 Å². The molecule has 3 aromatic carbocycles. The van der Waals surface area contributed by atoms with E-state index in [2.05, 4.69) is 111 Å². The molecule has 0 bridgehead atoms. The first-order valence-corrected chi connectivity index (χ1v) is 15.5. The zero-order valence-corrected chi connectivity index (χ0v) is 24.8. The average Bonchev–Trinajstić information content (AvgIpc) is 3.39. The Morgan fingerprint density at radius 3 is 2.46 bits per heavy atom. The third kappa shape index (κ3) is 5.29. The normalized spacial score (nSPS) is 22.6. The molecule has 1 saturated heterocycles. The van der Waals surface area contributed by atoms with E-state index in [0.29, 0.717) is 5.92 Å². The van der Waals surface area contributed by atoms with Gasteiger partial charge < -0.3 is 14.8 Å². The number of carbonyl (C=O) groups is 1. The van der Waals surface area contributed by atoms with Gasteiger partial charge in [-0.2, -0.15) is 0 Å². The van der Waals surface area contributed by atoms with Crippen LogP contribution in [0.25, 0.3) is 17.0 Å². The number of nitrogens with one attached hydrogen (secondary N) is 1. The lowest BCUT2D eigenvalue weighted by atomic mass is 9.85. The van der Waals surface area contributed by atoms with Gasteiger partial charge in [0.05, 0.1) is 4.91 Å². The Balaban J connectivity index is 1.39. The molecule has 1 amide bonds. The molecule has 4 nitrogen and oxygen atoms in total. The van der Waals surface area contributed by atoms with Gasteiger partial charge in [-0.25, -0.2) is 0 Å². The summed E-state index contributed by atoms with van der Waals surface area (Å²) < 4.78 is 3.45. The lowest BCUT2D eigenvalue weighted by Crippen LogP contribution is -2.48. The standard InChI is InChI=1S/C33H34BrN3OS/c1-22-10-6-8-14-29(22)37-32(38)31(39-33(37)35-26-11-4-3-5-12-26)20-28-23(2)36(30-15-9-7-13-27(28)30)21-24-16-18-25(34)19-17-24/h3-5,7,9,11-13,15-20,22,29,33,35H,6,8,10,14,21H2,1-2H3/b31-20-/t22-,29-,33?/m1/s1. The lowest BCUT2D eigenvalue weighted by Gasteiger charge is -2.39. The van der Waals surface area contributed by atoms with Crippen molar-refractivity contribution in [2.24, 2.45) is 5.92 Å². The van der Waals surface area contributed by atoms with Gasteiger partial charge >= 0.3 is 0 Å². The van der Waals surface area contributed by atoms with Gasteiger partial charge in [-0.05, 0) is 67.7 Å². The molecule has 2 aliphatic rings. The molecule has 4 aromatic rings. The fraction of sp³-hybridized carbons (Fsp3) is 0.303. The maximum atomic E-state index is 14.1. The van der Waals surface area contributed by atoms with Crippen LogP contribution in [-0.4, -0.2) is 26.9 Å². The van der Waals surface area contributed by atoms with E-state index in [1.165, 1.54) is 41.4 Å². The predicted molar refractivity (Wildman–Crippen MR) is 168 cm³/mol. The lowest BCUT2D eigenvalue weighted by molar-refractivity contribution is -0.129. The molecule has 1 aromatic heterocycles. The van der Waals surface area contributed by atoms with Crippen molar-refractivity contribution in [2.45, 2.75) is 57.6 Å². The van der Waals surface area contributed by atoms with E-state index in [0.717, 1.165) is 33.6 Å². The van der Waals surface area contributed by atoms with Crippen LogP contribution in [0.1, 0.15) is 49.4 Å². The Morgan fingerprint density at radius 2 is 1.69 bits per heavy atom. The second kappa shape index (κ2) is 11.3. The number of rotatable bonds is 6. The molecule has 1 aliphatic heterocycles. The summed E-state index contributed by atoms with van der Waals surface area (Å²) >= 11 is 5.20. The van der Waals surface area contributed by atoms with Crippen LogP contribution < -0.4 is 5.32 Å². The molecular weight excluding hydrogens is 566 g/mol. The zero-order chi connectivity index (χ0) is 26.9. The Kier molecular flexibility index (Phi) is 7.59. The number of aromatic nitrogens is 1. The van der Waals surface area contributed by atoms with Crippen LogP contribution in [0.15, 0.2) is 88.2 Å². The highest BCUT2D eigenvalue weighted by molar-refractivity contribution is 9.10. The summed E-state index contributed by atoms with van der Waals surface area (Å²) in [5.74, 6) is 0.647. The Labute approximate surface area is 243 Å². The summed E-state index contributed by atoms with van der Waals surface area (Å²) in [4.78, 5) is 17.1. The maximum absolute atomic E-state index is 14.1. The van der Waals surface area contributed by atoms with Crippen molar-refractivity contribution >= 4 is 56.3 Å². The van der Waals surface area contributed by atoms with Gasteiger partial charge in [-0.3, -0.25) is 4.79 Å². The minimum absolute atomic E-state index is 0.117. The molecule has 1 unspecified atom stereocenters. The summed E-state index contributed by atoms with van der Waals surface area (Å²) in [6.07, 6.45) is 6.83. The van der Waals surface area contributed by atoms with Crippen LogP contribution in [0.5, 0.6) is 0 Å². The largest absolute Gasteiger partial charge is 0.356 e. The molecule has 200 valence electrons. The number of carbonyl (C=O) groups excluding carboxylic acids is 1. The number of anilines is 1. The SMILES string of the molecule is Cc1c(/C=C2\SC(Nc3ccccc3)N([C@@H]3CCCC[C@H]3C)C2=O)c2ccccc2n1Cc1ccc(Br)cc1. The monoisotopic (exact) mass is 599 g/mol. The van der Waals surface area contributed by atoms with Gasteiger partial charge in [0.25, 0.3) is 5.91 Å². The number of benzene rings is 3. The van der Waals surface area contributed by atoms with E-state index in [9.17, 15) is 4.79 Å². The summed E-state index contributed by atoms with van der Waals surface area (Å²) in [5, 5.41) is 4.85. The van der Waals surface area contributed by atoms with E-state index in [-0.39, 0.29) is 17.4 Å². The topological polar surface area (TPSA) is 37.3 Å². The Morgan fingerprint density at radius 1 is 0.974 bits per heavy atom. The molecule has 1 saturated carbocycles. The van der Waals surface area contributed by atoms with Crippen molar-refractivity contribution < 1.29 is 4.79 Å². The summed E-state index contributed by atoms with van der Waals surface area (Å²) in [6.45, 7) is 5.27. The second-order valence-electron chi connectivity index (χ2n) is 10.8. The number of halogens is 1. The van der Waals surface area contributed by atoms with Crippen LogP contribution in [0.4, 0.5) is 5.69 Å².